The van der Waals surface area contributed by atoms with E-state index in [1.165, 1.54) is 0 Å². The lowest BCUT2D eigenvalue weighted by Crippen LogP contribution is -2.44. The monoisotopic (exact) mass is 396 g/mol. The number of amides is 1. The van der Waals surface area contributed by atoms with E-state index in [4.69, 9.17) is 10.1 Å². The highest BCUT2D eigenvalue weighted by molar-refractivity contribution is 6.05. The molecule has 0 spiro atoms. The maximum atomic E-state index is 13.4. The zero-order valence-electron chi connectivity index (χ0n) is 15.4. The van der Waals surface area contributed by atoms with E-state index >= 15 is 0 Å². The van der Waals surface area contributed by atoms with Gasteiger partial charge in [-0.1, -0.05) is 0 Å². The maximum absolute atomic E-state index is 13.4. The summed E-state index contributed by atoms with van der Waals surface area (Å²) in [6.45, 7) is 1.94. The number of piperazine rings is 1. The van der Waals surface area contributed by atoms with Crippen LogP contribution in [0.3, 0.4) is 0 Å². The number of rotatable bonds is 8. The summed E-state index contributed by atoms with van der Waals surface area (Å²) in [4.78, 5) is 14.6. The number of carbonyl (C=O) groups excluding carboxylic acids is 1. The van der Waals surface area contributed by atoms with Gasteiger partial charge in [0.25, 0.3) is 5.91 Å². The van der Waals surface area contributed by atoms with Crippen LogP contribution in [0.4, 0.5) is 18.9 Å². The van der Waals surface area contributed by atoms with E-state index in [1.807, 2.05) is 4.90 Å². The summed E-state index contributed by atoms with van der Waals surface area (Å²) < 4.78 is 45.8. The second kappa shape index (κ2) is 8.64. The quantitative estimate of drug-likeness (QED) is 0.358. The van der Waals surface area contributed by atoms with E-state index in [9.17, 15) is 18.0 Å². The summed E-state index contributed by atoms with van der Waals surface area (Å²) in [7, 11) is 0. The molecule has 1 aromatic rings. The molecule has 2 fully saturated rings. The van der Waals surface area contributed by atoms with Crippen LogP contribution in [0, 0.1) is 22.5 Å². The van der Waals surface area contributed by atoms with Crippen molar-refractivity contribution >= 4 is 17.8 Å². The number of nitrogens with one attached hydrogen (secondary N) is 3. The predicted octanol–water partition coefficient (Wildman–Crippen LogP) is 2.44. The minimum Gasteiger partial charge on any atom is -0.486 e. The van der Waals surface area contributed by atoms with Crippen LogP contribution in [0.5, 0.6) is 0 Å². The number of allylic oxidation sites excluding steroid dienone is 1. The minimum absolute atomic E-state index is 0.00714. The first kappa shape index (κ1) is 20.2. The predicted molar refractivity (Wildman–Crippen MR) is 98.8 cm³/mol. The summed E-state index contributed by atoms with van der Waals surface area (Å²) in [5.74, 6) is -2.55. The number of anilines is 1. The third-order valence-electron chi connectivity index (χ3n) is 4.92. The smallest absolute Gasteiger partial charge is 0.293 e. The van der Waals surface area contributed by atoms with Crippen LogP contribution in [-0.4, -0.2) is 56.5 Å². The van der Waals surface area contributed by atoms with Crippen LogP contribution in [0.2, 0.25) is 0 Å². The summed E-state index contributed by atoms with van der Waals surface area (Å²) in [6.07, 6.45) is 2.35. The molecule has 3 rings (SSSR count). The number of hydrogen-bond acceptors (Lipinski definition) is 5. The normalized spacial score (nSPS) is 18.9. The Bertz CT molecular complexity index is 754. The van der Waals surface area contributed by atoms with Crippen molar-refractivity contribution in [1.82, 2.24) is 10.2 Å². The van der Waals surface area contributed by atoms with E-state index in [1.54, 1.807) is 0 Å². The van der Waals surface area contributed by atoms with Gasteiger partial charge in [0.2, 0.25) is 5.76 Å². The fourth-order valence-corrected chi connectivity index (χ4v) is 2.99. The lowest BCUT2D eigenvalue weighted by atomic mass is 10.1. The van der Waals surface area contributed by atoms with Crippen LogP contribution in [0.25, 0.3) is 0 Å². The minimum atomic E-state index is -0.828. The fraction of sp³-hybridized carbons (Fsp3) is 0.474. The molecule has 28 heavy (non-hydrogen) atoms. The average Bonchev–Trinajstić information content (AvgIpc) is 3.45. The number of hydrogen-bond donors (Lipinski definition) is 3. The lowest BCUT2D eigenvalue weighted by Gasteiger charge is -2.31. The van der Waals surface area contributed by atoms with Gasteiger partial charge in [-0.2, -0.15) is 0 Å². The van der Waals surface area contributed by atoms with Crippen molar-refractivity contribution < 1.29 is 22.7 Å². The number of halogens is 3. The highest BCUT2D eigenvalue weighted by Crippen LogP contribution is 2.46. The summed E-state index contributed by atoms with van der Waals surface area (Å²) >= 11 is 0. The molecule has 0 radical (unpaired) electrons. The van der Waals surface area contributed by atoms with Crippen molar-refractivity contribution in [3.8, 4) is 0 Å². The number of nitrogens with zero attached hydrogens (tertiary/aromatic N) is 1. The molecule has 6 nitrogen and oxygen atoms in total. The van der Waals surface area contributed by atoms with Crippen molar-refractivity contribution in [2.75, 3.05) is 44.8 Å². The first-order chi connectivity index (χ1) is 13.5. The molecular weight excluding hydrogens is 373 g/mol. The highest BCUT2D eigenvalue weighted by Gasteiger charge is 2.44. The van der Waals surface area contributed by atoms with Gasteiger partial charge in [0.15, 0.2) is 0 Å². The Morgan fingerprint density at radius 1 is 1.25 bits per heavy atom. The number of benzene rings is 1. The summed E-state index contributed by atoms with van der Waals surface area (Å²) in [5, 5.41) is 13.4. The van der Waals surface area contributed by atoms with Crippen molar-refractivity contribution in [3.63, 3.8) is 0 Å². The molecule has 0 aromatic heterocycles. The molecule has 1 aliphatic heterocycles. The van der Waals surface area contributed by atoms with Crippen LogP contribution in [0.15, 0.2) is 29.7 Å². The van der Waals surface area contributed by atoms with Gasteiger partial charge in [-0.25, -0.2) is 8.78 Å². The Hall–Kier alpha value is -2.55. The Labute approximate surface area is 161 Å². The average molecular weight is 396 g/mol. The first-order valence-electron chi connectivity index (χ1n) is 9.13. The highest BCUT2D eigenvalue weighted by atomic mass is 19.1. The topological polar surface area (TPSA) is 77.5 Å². The van der Waals surface area contributed by atoms with Gasteiger partial charge in [-0.3, -0.25) is 9.18 Å². The van der Waals surface area contributed by atoms with E-state index in [0.29, 0.717) is 45.1 Å². The largest absolute Gasteiger partial charge is 0.486 e. The van der Waals surface area contributed by atoms with Crippen LogP contribution in [0.1, 0.15) is 12.8 Å². The fourth-order valence-electron chi connectivity index (χ4n) is 2.99. The van der Waals surface area contributed by atoms with Crippen LogP contribution in [-0.2, 0) is 9.53 Å². The molecule has 1 aromatic carbocycles. The number of alkyl halides is 1. The summed E-state index contributed by atoms with van der Waals surface area (Å²) in [5.41, 5.74) is -0.405. The molecule has 0 bridgehead atoms. The molecule has 152 valence electrons. The Balaban J connectivity index is 1.86. The van der Waals surface area contributed by atoms with Gasteiger partial charge >= 0.3 is 0 Å². The van der Waals surface area contributed by atoms with Crippen molar-refractivity contribution in [3.05, 3.63) is 41.3 Å². The number of carbonyl (C=O) groups is 1. The van der Waals surface area contributed by atoms with Gasteiger partial charge in [0.05, 0.1) is 13.3 Å². The molecule has 1 aliphatic carbocycles. The summed E-state index contributed by atoms with van der Waals surface area (Å²) in [6, 6.07) is 2.67. The molecule has 3 N–H and O–H groups in total. The van der Waals surface area contributed by atoms with E-state index in [2.05, 4.69) is 10.6 Å². The van der Waals surface area contributed by atoms with Crippen molar-refractivity contribution in [1.29, 1.82) is 5.41 Å². The third-order valence-corrected chi connectivity index (χ3v) is 4.92. The molecule has 9 heteroatoms. The van der Waals surface area contributed by atoms with Crippen molar-refractivity contribution in [2.45, 2.75) is 12.8 Å². The van der Waals surface area contributed by atoms with Gasteiger partial charge in [-0.05, 0) is 25.0 Å². The van der Waals surface area contributed by atoms with Gasteiger partial charge in [0, 0.05) is 49.6 Å². The number of ether oxygens (including phenoxy) is 1. The zero-order chi connectivity index (χ0) is 20.1. The molecule has 1 amide bonds. The first-order valence-corrected chi connectivity index (χ1v) is 9.13. The van der Waals surface area contributed by atoms with E-state index in [-0.39, 0.29) is 23.8 Å². The molecule has 1 saturated heterocycles. The SMILES string of the molecule is N=CC(=C(OCC1(CF)CC1)C(=O)Nc1cc(F)cc(F)c1)N1CCNCC1. The Morgan fingerprint density at radius 3 is 2.43 bits per heavy atom. The second-order valence-corrected chi connectivity index (χ2v) is 7.13. The lowest BCUT2D eigenvalue weighted by molar-refractivity contribution is -0.116. The van der Waals surface area contributed by atoms with Crippen LogP contribution < -0.4 is 10.6 Å². The molecule has 0 atom stereocenters. The van der Waals surface area contributed by atoms with E-state index < -0.39 is 29.6 Å². The zero-order valence-corrected chi connectivity index (χ0v) is 15.4. The van der Waals surface area contributed by atoms with Gasteiger partial charge < -0.3 is 25.7 Å². The Morgan fingerprint density at radius 2 is 1.89 bits per heavy atom. The standard InChI is InChI=1S/C19H23F3N4O2/c20-11-19(1-2-19)12-28-17(16(10-23)26-5-3-24-4-6-26)18(27)25-15-8-13(21)7-14(22)9-15/h7-10,23-24H,1-6,11-12H2,(H,25,27). The maximum Gasteiger partial charge on any atom is 0.293 e. The molecule has 0 unspecified atom stereocenters. The molecule has 2 aliphatic rings. The van der Waals surface area contributed by atoms with Crippen LogP contribution >= 0.6 is 0 Å². The molecule has 1 saturated carbocycles. The van der Waals surface area contributed by atoms with E-state index in [0.717, 1.165) is 18.3 Å². The Kier molecular flexibility index (Phi) is 6.23. The third kappa shape index (κ3) is 4.83. The molecular formula is C19H23F3N4O2. The van der Waals surface area contributed by atoms with Crippen molar-refractivity contribution in [2.24, 2.45) is 5.41 Å². The van der Waals surface area contributed by atoms with Gasteiger partial charge in [0.1, 0.15) is 17.3 Å². The molecule has 1 heterocycles. The van der Waals surface area contributed by atoms with Gasteiger partial charge in [-0.15, -0.1) is 0 Å². The second-order valence-electron chi connectivity index (χ2n) is 7.13.